The SMILES string of the molecule is COCC(C)NC(=O)c1ccc(C)cc1Br. The molecule has 0 aliphatic rings. The number of nitrogens with one attached hydrogen (secondary N) is 1. The molecule has 0 fully saturated rings. The van der Waals surface area contributed by atoms with Crippen molar-refractivity contribution in [1.29, 1.82) is 0 Å². The zero-order chi connectivity index (χ0) is 12.1. The monoisotopic (exact) mass is 285 g/mol. The molecule has 0 aromatic heterocycles. The average Bonchev–Trinajstić information content (AvgIpc) is 2.17. The molecular weight excluding hydrogens is 270 g/mol. The summed E-state index contributed by atoms with van der Waals surface area (Å²) < 4.78 is 5.78. The molecule has 1 N–H and O–H groups in total. The van der Waals surface area contributed by atoms with Crippen LogP contribution in [0.5, 0.6) is 0 Å². The van der Waals surface area contributed by atoms with Crippen LogP contribution < -0.4 is 5.32 Å². The minimum Gasteiger partial charge on any atom is -0.383 e. The lowest BCUT2D eigenvalue weighted by molar-refractivity contribution is 0.0905. The summed E-state index contributed by atoms with van der Waals surface area (Å²) in [5, 5.41) is 2.86. The maximum Gasteiger partial charge on any atom is 0.252 e. The van der Waals surface area contributed by atoms with E-state index in [2.05, 4.69) is 21.2 Å². The molecule has 1 unspecified atom stereocenters. The number of ether oxygens (including phenoxy) is 1. The van der Waals surface area contributed by atoms with Crippen LogP contribution in [0, 0.1) is 6.92 Å². The van der Waals surface area contributed by atoms with Gasteiger partial charge in [0.05, 0.1) is 12.2 Å². The molecule has 3 nitrogen and oxygen atoms in total. The summed E-state index contributed by atoms with van der Waals surface area (Å²) >= 11 is 3.38. The molecule has 0 heterocycles. The van der Waals surface area contributed by atoms with Gasteiger partial charge in [0.25, 0.3) is 5.91 Å². The van der Waals surface area contributed by atoms with Crippen molar-refractivity contribution in [2.45, 2.75) is 19.9 Å². The second kappa shape index (κ2) is 6.01. The molecule has 1 amide bonds. The van der Waals surface area contributed by atoms with Crippen molar-refractivity contribution in [3.63, 3.8) is 0 Å². The van der Waals surface area contributed by atoms with Crippen LogP contribution in [0.4, 0.5) is 0 Å². The molecule has 1 atom stereocenters. The minimum atomic E-state index is -0.0866. The largest absolute Gasteiger partial charge is 0.383 e. The van der Waals surface area contributed by atoms with E-state index in [0.29, 0.717) is 12.2 Å². The number of methoxy groups -OCH3 is 1. The fourth-order valence-electron chi connectivity index (χ4n) is 1.40. The molecule has 0 aliphatic heterocycles. The topological polar surface area (TPSA) is 38.3 Å². The second-order valence-electron chi connectivity index (χ2n) is 3.81. The lowest BCUT2D eigenvalue weighted by Gasteiger charge is -2.13. The average molecular weight is 286 g/mol. The summed E-state index contributed by atoms with van der Waals surface area (Å²) in [6.07, 6.45) is 0. The van der Waals surface area contributed by atoms with E-state index < -0.39 is 0 Å². The van der Waals surface area contributed by atoms with Crippen LogP contribution in [0.1, 0.15) is 22.8 Å². The van der Waals surface area contributed by atoms with Crippen LogP contribution in [-0.2, 0) is 4.74 Å². The molecule has 1 aromatic carbocycles. The minimum absolute atomic E-state index is 0.00528. The van der Waals surface area contributed by atoms with E-state index in [4.69, 9.17) is 4.74 Å². The standard InChI is InChI=1S/C12H16BrNO2/c1-8-4-5-10(11(13)6-8)12(15)14-9(2)7-16-3/h4-6,9H,7H2,1-3H3,(H,14,15). The van der Waals surface area contributed by atoms with Crippen molar-refractivity contribution in [2.24, 2.45) is 0 Å². The Kier molecular flexibility index (Phi) is 4.96. The highest BCUT2D eigenvalue weighted by atomic mass is 79.9. The molecule has 1 aromatic rings. The van der Waals surface area contributed by atoms with Gasteiger partial charge in [-0.2, -0.15) is 0 Å². The number of halogens is 1. The van der Waals surface area contributed by atoms with Gasteiger partial charge in [0.1, 0.15) is 0 Å². The lowest BCUT2D eigenvalue weighted by atomic mass is 10.1. The number of benzene rings is 1. The Morgan fingerprint density at radius 2 is 2.25 bits per heavy atom. The third kappa shape index (κ3) is 3.61. The van der Waals surface area contributed by atoms with E-state index in [1.165, 1.54) is 0 Å². The predicted molar refractivity (Wildman–Crippen MR) is 67.7 cm³/mol. The van der Waals surface area contributed by atoms with Crippen molar-refractivity contribution >= 4 is 21.8 Å². The third-order valence-corrected chi connectivity index (χ3v) is 2.82. The summed E-state index contributed by atoms with van der Waals surface area (Å²) in [4.78, 5) is 11.9. The zero-order valence-corrected chi connectivity index (χ0v) is 11.3. The second-order valence-corrected chi connectivity index (χ2v) is 4.67. The van der Waals surface area contributed by atoms with Crippen LogP contribution >= 0.6 is 15.9 Å². The number of carbonyl (C=O) groups is 1. The number of carbonyl (C=O) groups excluding carboxylic acids is 1. The highest BCUT2D eigenvalue weighted by molar-refractivity contribution is 9.10. The van der Waals surface area contributed by atoms with Gasteiger partial charge in [-0.05, 0) is 47.5 Å². The van der Waals surface area contributed by atoms with Gasteiger partial charge in [0, 0.05) is 17.6 Å². The summed E-state index contributed by atoms with van der Waals surface area (Å²) in [6.45, 7) is 4.40. The summed E-state index contributed by atoms with van der Waals surface area (Å²) in [5.74, 6) is -0.0866. The molecular formula is C12H16BrNO2. The highest BCUT2D eigenvalue weighted by Gasteiger charge is 2.12. The number of rotatable bonds is 4. The van der Waals surface area contributed by atoms with Crippen LogP contribution in [0.25, 0.3) is 0 Å². The van der Waals surface area contributed by atoms with Gasteiger partial charge >= 0.3 is 0 Å². The normalized spacial score (nSPS) is 12.2. The fourth-order valence-corrected chi connectivity index (χ4v) is 2.07. The van der Waals surface area contributed by atoms with Crippen molar-refractivity contribution in [1.82, 2.24) is 5.32 Å². The molecule has 0 radical (unpaired) electrons. The van der Waals surface area contributed by atoms with E-state index in [9.17, 15) is 4.79 Å². The number of amides is 1. The summed E-state index contributed by atoms with van der Waals surface area (Å²) in [7, 11) is 1.62. The van der Waals surface area contributed by atoms with E-state index in [1.807, 2.05) is 32.0 Å². The number of hydrogen-bond acceptors (Lipinski definition) is 2. The molecule has 0 bridgehead atoms. The molecule has 1 rings (SSSR count). The van der Waals surface area contributed by atoms with Gasteiger partial charge in [-0.1, -0.05) is 6.07 Å². The van der Waals surface area contributed by atoms with Gasteiger partial charge in [-0.3, -0.25) is 4.79 Å². The van der Waals surface area contributed by atoms with Crippen LogP contribution in [0.2, 0.25) is 0 Å². The maximum atomic E-state index is 11.9. The summed E-state index contributed by atoms with van der Waals surface area (Å²) in [5.41, 5.74) is 1.77. The lowest BCUT2D eigenvalue weighted by Crippen LogP contribution is -2.35. The fraction of sp³-hybridized carbons (Fsp3) is 0.417. The Bertz CT molecular complexity index is 379. The predicted octanol–water partition coefficient (Wildman–Crippen LogP) is 2.52. The molecule has 0 saturated heterocycles. The third-order valence-electron chi connectivity index (χ3n) is 2.16. The summed E-state index contributed by atoms with van der Waals surface area (Å²) in [6, 6.07) is 5.66. The van der Waals surface area contributed by atoms with Crippen LogP contribution in [0.15, 0.2) is 22.7 Å². The Hall–Kier alpha value is -0.870. The quantitative estimate of drug-likeness (QED) is 0.923. The van der Waals surface area contributed by atoms with Crippen LogP contribution in [-0.4, -0.2) is 25.7 Å². The zero-order valence-electron chi connectivity index (χ0n) is 9.71. The first kappa shape index (κ1) is 13.2. The van der Waals surface area contributed by atoms with Crippen molar-refractivity contribution in [3.05, 3.63) is 33.8 Å². The first-order valence-electron chi connectivity index (χ1n) is 5.10. The van der Waals surface area contributed by atoms with E-state index in [1.54, 1.807) is 7.11 Å². The van der Waals surface area contributed by atoms with Gasteiger partial charge in [0.15, 0.2) is 0 Å². The van der Waals surface area contributed by atoms with Crippen molar-refractivity contribution in [3.8, 4) is 0 Å². The van der Waals surface area contributed by atoms with Crippen molar-refractivity contribution < 1.29 is 9.53 Å². The van der Waals surface area contributed by atoms with Crippen molar-refractivity contribution in [2.75, 3.05) is 13.7 Å². The molecule has 0 aliphatic carbocycles. The maximum absolute atomic E-state index is 11.9. The number of hydrogen-bond donors (Lipinski definition) is 1. The first-order chi connectivity index (χ1) is 7.54. The van der Waals surface area contributed by atoms with E-state index >= 15 is 0 Å². The molecule has 4 heteroatoms. The smallest absolute Gasteiger partial charge is 0.252 e. The van der Waals surface area contributed by atoms with Gasteiger partial charge < -0.3 is 10.1 Å². The first-order valence-corrected chi connectivity index (χ1v) is 5.90. The van der Waals surface area contributed by atoms with Crippen LogP contribution in [0.3, 0.4) is 0 Å². The van der Waals surface area contributed by atoms with E-state index in [-0.39, 0.29) is 11.9 Å². The number of aryl methyl sites for hydroxylation is 1. The Morgan fingerprint density at radius 1 is 1.56 bits per heavy atom. The van der Waals surface area contributed by atoms with Gasteiger partial charge in [-0.25, -0.2) is 0 Å². The molecule has 0 saturated carbocycles. The Balaban J connectivity index is 2.73. The Morgan fingerprint density at radius 3 is 2.81 bits per heavy atom. The molecule has 16 heavy (non-hydrogen) atoms. The van der Waals surface area contributed by atoms with E-state index in [0.717, 1.165) is 10.0 Å². The Labute approximate surface area is 104 Å². The molecule has 88 valence electrons. The molecule has 0 spiro atoms. The van der Waals surface area contributed by atoms with Gasteiger partial charge in [-0.15, -0.1) is 0 Å². The van der Waals surface area contributed by atoms with Gasteiger partial charge in [0.2, 0.25) is 0 Å². The highest BCUT2D eigenvalue weighted by Crippen LogP contribution is 2.18.